The predicted octanol–water partition coefficient (Wildman–Crippen LogP) is 26.5. The van der Waals surface area contributed by atoms with E-state index >= 15 is 0 Å². The number of hydrogen-bond donors (Lipinski definition) is 0. The van der Waals surface area contributed by atoms with Crippen LogP contribution in [0.4, 0.5) is 0 Å². The van der Waals surface area contributed by atoms with Gasteiger partial charge in [-0.25, -0.2) is 0 Å². The van der Waals surface area contributed by atoms with Gasteiger partial charge in [-0.1, -0.05) is 219 Å². The first kappa shape index (κ1) is 65.1. The standard InChI is InChI=1S/C105H81N5/c1-4-70(76-46-56-101-92(63-76)93-67-80(49-59-102(93)108(101)83-32-15-8-16-33-83)105(3)61-60-103-94(68-105)89-36-19-22-39-98(89)107(103)82-30-13-7-14-31-82)45-55-95-69(2)86-54-44-79(66-104(86)106(95)81-28-11-6-12-29-81)75-27-23-26-74(62-75)73-42-52-85(53-43-73)110-97-38-21-18-35-88(97)91-65-78(48-58-100(91)110)77-47-57-99-90(64-77)87-34-17-20-37-96(87)109(99)84-50-40-72(41-51-84)71-24-9-5-10-25-71/h4-19,21-36,38-43,45-46,48-53,55-56,58-67,70H,1,20,37,44,47,54,57,68H2,2-3H3/b55-45-. The molecule has 0 spiro atoms. The van der Waals surface area contributed by atoms with Gasteiger partial charge in [-0.2, -0.15) is 0 Å². The Morgan fingerprint density at radius 1 is 0.373 bits per heavy atom. The molecule has 2 atom stereocenters. The van der Waals surface area contributed by atoms with Crippen molar-refractivity contribution in [2.75, 3.05) is 0 Å². The first-order valence-electron chi connectivity index (χ1n) is 39.1. The molecule has 526 valence electrons. The van der Waals surface area contributed by atoms with Gasteiger partial charge >= 0.3 is 0 Å². The van der Waals surface area contributed by atoms with Crippen molar-refractivity contribution >= 4 is 96.0 Å². The number of rotatable bonds is 14. The Hall–Kier alpha value is -13.2. The van der Waals surface area contributed by atoms with Gasteiger partial charge in [0.15, 0.2) is 0 Å². The lowest BCUT2D eigenvalue weighted by Gasteiger charge is -2.30. The Morgan fingerprint density at radius 2 is 0.891 bits per heavy atom. The van der Waals surface area contributed by atoms with Crippen molar-refractivity contribution in [1.82, 2.24) is 22.8 Å². The molecule has 5 nitrogen and oxygen atoms in total. The first-order valence-corrected chi connectivity index (χ1v) is 39.1. The molecular weight excluding hydrogens is 1330 g/mol. The van der Waals surface area contributed by atoms with Crippen LogP contribution >= 0.6 is 0 Å². The second-order valence-electron chi connectivity index (χ2n) is 30.8. The normalized spacial score (nSPS) is 15.5. The summed E-state index contributed by atoms with van der Waals surface area (Å²) in [6.07, 6.45) is 28.3. The van der Waals surface area contributed by atoms with Crippen molar-refractivity contribution < 1.29 is 0 Å². The molecule has 2 unspecified atom stereocenters. The summed E-state index contributed by atoms with van der Waals surface area (Å²) in [5, 5.41) is 6.34. The topological polar surface area (TPSA) is 24.6 Å². The molecule has 5 heterocycles. The number of benzene rings is 12. The maximum Gasteiger partial charge on any atom is 0.0541 e. The number of para-hydroxylation sites is 5. The third-order valence-electron chi connectivity index (χ3n) is 24.6. The molecule has 5 heteroatoms. The van der Waals surface area contributed by atoms with E-state index in [0.717, 1.165) is 62.0 Å². The lowest BCUT2D eigenvalue weighted by atomic mass is 9.73. The molecule has 17 aromatic rings. The van der Waals surface area contributed by atoms with Crippen LogP contribution < -0.4 is 0 Å². The molecule has 0 saturated heterocycles. The average Bonchev–Trinajstić information content (AvgIpc) is 1.60. The summed E-state index contributed by atoms with van der Waals surface area (Å²) in [5.41, 5.74) is 37.8. The van der Waals surface area contributed by atoms with E-state index in [1.165, 1.54) is 178 Å². The molecular formula is C105H81N5. The van der Waals surface area contributed by atoms with E-state index in [4.69, 9.17) is 0 Å². The fourth-order valence-corrected chi connectivity index (χ4v) is 19.0. The summed E-state index contributed by atoms with van der Waals surface area (Å²) in [6.45, 7) is 9.27. The monoisotopic (exact) mass is 1410 g/mol. The molecule has 0 radical (unpaired) electrons. The van der Waals surface area contributed by atoms with Gasteiger partial charge in [-0.3, -0.25) is 0 Å². The third-order valence-corrected chi connectivity index (χ3v) is 24.6. The van der Waals surface area contributed by atoms with Crippen molar-refractivity contribution in [3.05, 3.63) is 407 Å². The van der Waals surface area contributed by atoms with Gasteiger partial charge in [0, 0.05) is 106 Å². The Balaban J connectivity index is 0.578. The highest BCUT2D eigenvalue weighted by molar-refractivity contribution is 6.12. The van der Waals surface area contributed by atoms with E-state index in [2.05, 4.69) is 395 Å². The van der Waals surface area contributed by atoms with Gasteiger partial charge in [0.05, 0.1) is 27.6 Å². The van der Waals surface area contributed by atoms with Crippen LogP contribution in [0.1, 0.15) is 111 Å². The minimum atomic E-state index is -0.242. The number of nitrogens with zero attached hydrogens (tertiary/aromatic N) is 5. The largest absolute Gasteiger partial charge is 0.317 e. The second-order valence-corrected chi connectivity index (χ2v) is 30.8. The van der Waals surface area contributed by atoms with Crippen molar-refractivity contribution in [2.45, 2.75) is 70.1 Å². The lowest BCUT2D eigenvalue weighted by Crippen LogP contribution is -2.25. The van der Waals surface area contributed by atoms with Crippen LogP contribution in [0.25, 0.3) is 147 Å². The van der Waals surface area contributed by atoms with Gasteiger partial charge in [0.1, 0.15) is 0 Å². The molecule has 12 aromatic carbocycles. The van der Waals surface area contributed by atoms with Crippen molar-refractivity contribution in [3.63, 3.8) is 0 Å². The third kappa shape index (κ3) is 10.7. The van der Waals surface area contributed by atoms with Gasteiger partial charge in [0.2, 0.25) is 0 Å². The van der Waals surface area contributed by atoms with E-state index in [9.17, 15) is 0 Å². The molecule has 0 N–H and O–H groups in total. The Kier molecular flexibility index (Phi) is 15.6. The molecule has 5 aromatic heterocycles. The van der Waals surface area contributed by atoms with Crippen LogP contribution in [0, 0.1) is 6.92 Å². The minimum absolute atomic E-state index is 0.0555. The van der Waals surface area contributed by atoms with Gasteiger partial charge in [0.25, 0.3) is 0 Å². The number of fused-ring (bicyclic) bond motifs is 13. The number of aromatic nitrogens is 5. The summed E-state index contributed by atoms with van der Waals surface area (Å²) < 4.78 is 12.4. The molecule has 0 amide bonds. The summed E-state index contributed by atoms with van der Waals surface area (Å²) in [4.78, 5) is 0. The molecule has 21 rings (SSSR count). The molecule has 0 saturated carbocycles. The fourth-order valence-electron chi connectivity index (χ4n) is 19.0. The highest BCUT2D eigenvalue weighted by atomic mass is 15.0. The van der Waals surface area contributed by atoms with E-state index < -0.39 is 0 Å². The van der Waals surface area contributed by atoms with Gasteiger partial charge < -0.3 is 22.8 Å². The quantitative estimate of drug-likeness (QED) is 0.0970. The van der Waals surface area contributed by atoms with Crippen LogP contribution in [0.5, 0.6) is 0 Å². The van der Waals surface area contributed by atoms with E-state index in [1.54, 1.807) is 0 Å². The number of allylic oxidation sites excluding steroid dienone is 6. The maximum atomic E-state index is 4.52. The molecule has 110 heavy (non-hydrogen) atoms. The highest BCUT2D eigenvalue weighted by Gasteiger charge is 2.34. The molecule has 0 fully saturated rings. The van der Waals surface area contributed by atoms with E-state index in [-0.39, 0.29) is 11.3 Å². The SMILES string of the molecule is C=CC(/C=C\c1c(C)c2c(n1-c1ccccc1)C=C(c1cccc(-c3ccc(-n4c5ccccc5c5cc(C6=Cc7c8c(n(-c9ccc(-c%10ccccc%10)cc9)c7CC6)CCC=C8)ccc54)cc3)c1)CC2)c1ccc2c(c1)c1cc(C3(C)C=Cc4c(c5ccccc5n4-c4ccccc4)C3)ccc1n2-c1ccccc1. The van der Waals surface area contributed by atoms with Crippen LogP contribution in [0.15, 0.2) is 328 Å². The summed E-state index contributed by atoms with van der Waals surface area (Å²) in [5.74, 6) is -0.0555. The second kappa shape index (κ2) is 26.3. The zero-order valence-corrected chi connectivity index (χ0v) is 62.0. The van der Waals surface area contributed by atoms with Crippen LogP contribution in [0.3, 0.4) is 0 Å². The smallest absolute Gasteiger partial charge is 0.0541 e. The summed E-state index contributed by atoms with van der Waals surface area (Å²) in [7, 11) is 0. The maximum absolute atomic E-state index is 4.52. The highest BCUT2D eigenvalue weighted by Crippen LogP contribution is 2.47. The van der Waals surface area contributed by atoms with Crippen molar-refractivity contribution in [3.8, 4) is 50.7 Å². The van der Waals surface area contributed by atoms with Crippen LogP contribution in [0.2, 0.25) is 0 Å². The Labute approximate surface area is 642 Å². The molecule has 4 aliphatic rings. The average molecular weight is 1410 g/mol. The van der Waals surface area contributed by atoms with Crippen molar-refractivity contribution in [1.29, 1.82) is 0 Å². The Bertz CT molecular complexity index is 6730. The lowest BCUT2D eigenvalue weighted by molar-refractivity contribution is 0.589. The fraction of sp³-hybridized carbons (Fsp3) is 0.105. The predicted molar refractivity (Wildman–Crippen MR) is 464 cm³/mol. The van der Waals surface area contributed by atoms with E-state index in [1.807, 2.05) is 0 Å². The summed E-state index contributed by atoms with van der Waals surface area (Å²) in [6, 6.07) is 110. The molecule has 0 aliphatic heterocycles. The summed E-state index contributed by atoms with van der Waals surface area (Å²) >= 11 is 0. The van der Waals surface area contributed by atoms with Crippen molar-refractivity contribution in [2.24, 2.45) is 0 Å². The van der Waals surface area contributed by atoms with Gasteiger partial charge in [-0.05, 0) is 264 Å². The zero-order chi connectivity index (χ0) is 73.1. The zero-order valence-electron chi connectivity index (χ0n) is 62.0. The molecule has 4 aliphatic carbocycles. The van der Waals surface area contributed by atoms with E-state index in [0.29, 0.717) is 0 Å². The van der Waals surface area contributed by atoms with Crippen LogP contribution in [-0.4, -0.2) is 22.8 Å². The molecule has 0 bridgehead atoms. The first-order chi connectivity index (χ1) is 54.3. The minimum Gasteiger partial charge on any atom is -0.317 e. The van der Waals surface area contributed by atoms with Gasteiger partial charge in [-0.15, -0.1) is 6.58 Å². The Morgan fingerprint density at radius 3 is 1.61 bits per heavy atom. The van der Waals surface area contributed by atoms with Crippen LogP contribution in [-0.2, 0) is 31.1 Å². The number of hydrogen-bond acceptors (Lipinski definition) is 0.